The summed E-state index contributed by atoms with van der Waals surface area (Å²) in [6, 6.07) is 6.15. The van der Waals surface area contributed by atoms with Gasteiger partial charge in [-0.2, -0.15) is 0 Å². The summed E-state index contributed by atoms with van der Waals surface area (Å²) in [5, 5.41) is 6.69. The van der Waals surface area contributed by atoms with Crippen LogP contribution in [0.2, 0.25) is 0 Å². The molecule has 0 spiro atoms. The lowest BCUT2D eigenvalue weighted by Gasteiger charge is -2.05. The summed E-state index contributed by atoms with van der Waals surface area (Å²) in [5.41, 5.74) is 9.08. The molecule has 5 heteroatoms. The molecule has 96 valence electrons. The Labute approximate surface area is 125 Å². The first-order chi connectivity index (χ1) is 8.65. The van der Waals surface area contributed by atoms with Crippen LogP contribution in [0, 0.1) is 10.5 Å². The quantitative estimate of drug-likeness (QED) is 0.481. The summed E-state index contributed by atoms with van der Waals surface area (Å²) in [7, 11) is 0. The fraction of sp³-hybridized carbons (Fsp3) is 0.308. The number of nitrogen functional groups attached to an aromatic ring is 1. The van der Waals surface area contributed by atoms with Gasteiger partial charge in [0.2, 0.25) is 0 Å². The summed E-state index contributed by atoms with van der Waals surface area (Å²) >= 11 is 3.97. The third-order valence-electron chi connectivity index (χ3n) is 2.62. The standard InChI is InChI=1S/C13H16IN3S/c1-9-17-11(8-18-9)4-5-16-7-10-2-3-13(15)12(14)6-10/h2-3,6,8,16H,4-5,7,15H2,1H3. The van der Waals surface area contributed by atoms with Crippen molar-refractivity contribution in [3.05, 3.63) is 43.4 Å². The van der Waals surface area contributed by atoms with E-state index in [2.05, 4.69) is 50.4 Å². The average molecular weight is 373 g/mol. The number of benzene rings is 1. The van der Waals surface area contributed by atoms with Crippen molar-refractivity contribution in [1.29, 1.82) is 0 Å². The van der Waals surface area contributed by atoms with E-state index in [1.165, 1.54) is 11.3 Å². The fourth-order valence-corrected chi connectivity index (χ4v) is 2.88. The molecular weight excluding hydrogens is 357 g/mol. The Morgan fingerprint density at radius 2 is 2.28 bits per heavy atom. The van der Waals surface area contributed by atoms with Gasteiger partial charge in [-0.15, -0.1) is 11.3 Å². The summed E-state index contributed by atoms with van der Waals surface area (Å²) in [6.45, 7) is 3.86. The van der Waals surface area contributed by atoms with Gasteiger partial charge < -0.3 is 11.1 Å². The van der Waals surface area contributed by atoms with Crippen LogP contribution in [0.4, 0.5) is 5.69 Å². The topological polar surface area (TPSA) is 50.9 Å². The summed E-state index contributed by atoms with van der Waals surface area (Å²) in [4.78, 5) is 4.44. The molecule has 0 bridgehead atoms. The van der Waals surface area contributed by atoms with E-state index >= 15 is 0 Å². The number of aromatic nitrogens is 1. The zero-order valence-corrected chi connectivity index (χ0v) is 13.2. The molecule has 0 aliphatic rings. The largest absolute Gasteiger partial charge is 0.398 e. The van der Waals surface area contributed by atoms with Gasteiger partial charge in [-0.1, -0.05) is 6.07 Å². The second-order valence-corrected chi connectivity index (χ2v) is 6.36. The first-order valence-electron chi connectivity index (χ1n) is 5.81. The Morgan fingerprint density at radius 1 is 1.44 bits per heavy atom. The Bertz CT molecular complexity index is 525. The molecule has 3 nitrogen and oxygen atoms in total. The van der Waals surface area contributed by atoms with Gasteiger partial charge >= 0.3 is 0 Å². The minimum Gasteiger partial charge on any atom is -0.398 e. The highest BCUT2D eigenvalue weighted by molar-refractivity contribution is 14.1. The van der Waals surface area contributed by atoms with Crippen LogP contribution < -0.4 is 11.1 Å². The van der Waals surface area contributed by atoms with E-state index < -0.39 is 0 Å². The zero-order valence-electron chi connectivity index (χ0n) is 10.2. The Morgan fingerprint density at radius 3 is 2.94 bits per heavy atom. The van der Waals surface area contributed by atoms with Crippen molar-refractivity contribution in [2.45, 2.75) is 19.9 Å². The average Bonchev–Trinajstić information content (AvgIpc) is 2.75. The van der Waals surface area contributed by atoms with Crippen molar-refractivity contribution in [3.8, 4) is 0 Å². The van der Waals surface area contributed by atoms with Gasteiger partial charge in [0.25, 0.3) is 0 Å². The van der Waals surface area contributed by atoms with Crippen molar-refractivity contribution in [2.24, 2.45) is 0 Å². The summed E-state index contributed by atoms with van der Waals surface area (Å²) in [6.07, 6.45) is 0.983. The van der Waals surface area contributed by atoms with Gasteiger partial charge in [-0.3, -0.25) is 0 Å². The number of aryl methyl sites for hydroxylation is 1. The maximum Gasteiger partial charge on any atom is 0.0897 e. The molecule has 0 fully saturated rings. The van der Waals surface area contributed by atoms with Gasteiger partial charge in [0, 0.05) is 34.1 Å². The molecule has 1 heterocycles. The van der Waals surface area contributed by atoms with Crippen LogP contribution in [-0.2, 0) is 13.0 Å². The van der Waals surface area contributed by atoms with Crippen molar-refractivity contribution >= 4 is 39.6 Å². The number of anilines is 1. The fourth-order valence-electron chi connectivity index (χ4n) is 1.65. The maximum atomic E-state index is 5.79. The van der Waals surface area contributed by atoms with Gasteiger partial charge in [0.15, 0.2) is 0 Å². The van der Waals surface area contributed by atoms with Gasteiger partial charge in [0.05, 0.1) is 10.7 Å². The molecule has 0 unspecified atom stereocenters. The number of hydrogen-bond donors (Lipinski definition) is 2. The number of thiazole rings is 1. The minimum atomic E-state index is 0.845. The van der Waals surface area contributed by atoms with Gasteiger partial charge in [-0.25, -0.2) is 4.98 Å². The van der Waals surface area contributed by atoms with Crippen molar-refractivity contribution < 1.29 is 0 Å². The molecule has 0 atom stereocenters. The molecule has 2 rings (SSSR count). The second kappa shape index (κ2) is 6.49. The van der Waals surface area contributed by atoms with E-state index in [0.717, 1.165) is 33.8 Å². The molecule has 1 aromatic heterocycles. The van der Waals surface area contributed by atoms with Crippen LogP contribution in [0.5, 0.6) is 0 Å². The smallest absolute Gasteiger partial charge is 0.0897 e. The van der Waals surface area contributed by atoms with E-state index in [1.54, 1.807) is 11.3 Å². The SMILES string of the molecule is Cc1nc(CCNCc2ccc(N)c(I)c2)cs1. The molecule has 18 heavy (non-hydrogen) atoms. The Hall–Kier alpha value is -0.660. The van der Waals surface area contributed by atoms with Crippen LogP contribution in [-0.4, -0.2) is 11.5 Å². The molecule has 0 radical (unpaired) electrons. The molecule has 3 N–H and O–H groups in total. The first-order valence-corrected chi connectivity index (χ1v) is 7.76. The predicted octanol–water partition coefficient (Wildman–Crippen LogP) is 2.97. The van der Waals surface area contributed by atoms with Crippen LogP contribution in [0.3, 0.4) is 0 Å². The van der Waals surface area contributed by atoms with E-state index in [4.69, 9.17) is 5.73 Å². The molecule has 1 aromatic carbocycles. The first kappa shape index (κ1) is 13.8. The number of halogens is 1. The van der Waals surface area contributed by atoms with Gasteiger partial charge in [-0.05, 0) is 47.2 Å². The van der Waals surface area contributed by atoms with Crippen LogP contribution >= 0.6 is 33.9 Å². The van der Waals surface area contributed by atoms with E-state index in [9.17, 15) is 0 Å². The number of nitrogens with one attached hydrogen (secondary N) is 1. The molecule has 0 saturated carbocycles. The second-order valence-electron chi connectivity index (χ2n) is 4.14. The minimum absolute atomic E-state index is 0.845. The zero-order chi connectivity index (χ0) is 13.0. The summed E-state index contributed by atoms with van der Waals surface area (Å²) in [5.74, 6) is 0. The molecule has 0 saturated heterocycles. The van der Waals surface area contributed by atoms with E-state index in [1.807, 2.05) is 13.0 Å². The van der Waals surface area contributed by atoms with Crippen LogP contribution in [0.25, 0.3) is 0 Å². The van der Waals surface area contributed by atoms with Crippen molar-refractivity contribution in [1.82, 2.24) is 10.3 Å². The highest BCUT2D eigenvalue weighted by atomic mass is 127. The number of nitrogens with two attached hydrogens (primary N) is 1. The predicted molar refractivity (Wildman–Crippen MR) is 85.8 cm³/mol. The highest BCUT2D eigenvalue weighted by Crippen LogP contribution is 2.16. The molecule has 0 aliphatic carbocycles. The van der Waals surface area contributed by atoms with E-state index in [0.29, 0.717) is 0 Å². The molecule has 0 amide bonds. The van der Waals surface area contributed by atoms with Crippen LogP contribution in [0.15, 0.2) is 23.6 Å². The number of hydrogen-bond acceptors (Lipinski definition) is 4. The Kier molecular flexibility index (Phi) is 4.96. The van der Waals surface area contributed by atoms with Crippen molar-refractivity contribution in [2.75, 3.05) is 12.3 Å². The van der Waals surface area contributed by atoms with Crippen molar-refractivity contribution in [3.63, 3.8) is 0 Å². The summed E-state index contributed by atoms with van der Waals surface area (Å²) < 4.78 is 1.11. The monoisotopic (exact) mass is 373 g/mol. The lowest BCUT2D eigenvalue weighted by Crippen LogP contribution is -2.17. The third kappa shape index (κ3) is 3.93. The normalized spacial score (nSPS) is 10.8. The highest BCUT2D eigenvalue weighted by Gasteiger charge is 2.00. The van der Waals surface area contributed by atoms with E-state index in [-0.39, 0.29) is 0 Å². The molecular formula is C13H16IN3S. The molecule has 2 aromatic rings. The van der Waals surface area contributed by atoms with Gasteiger partial charge in [0.1, 0.15) is 0 Å². The lowest BCUT2D eigenvalue weighted by molar-refractivity contribution is 0.681. The third-order valence-corrected chi connectivity index (χ3v) is 4.38. The number of rotatable bonds is 5. The van der Waals surface area contributed by atoms with Crippen LogP contribution in [0.1, 0.15) is 16.3 Å². The number of nitrogens with zero attached hydrogens (tertiary/aromatic N) is 1. The lowest BCUT2D eigenvalue weighted by atomic mass is 10.2. The maximum absolute atomic E-state index is 5.79. The molecule has 0 aliphatic heterocycles. The Balaban J connectivity index is 1.76.